The Kier molecular flexibility index (Phi) is 7.38. The van der Waals surface area contributed by atoms with E-state index in [4.69, 9.17) is 9.47 Å². The summed E-state index contributed by atoms with van der Waals surface area (Å²) in [5, 5.41) is 6.13. The number of hydrogen-bond acceptors (Lipinski definition) is 7. The Bertz CT molecular complexity index is 1190. The number of amides is 1. The van der Waals surface area contributed by atoms with E-state index in [0.717, 1.165) is 4.52 Å². The van der Waals surface area contributed by atoms with Crippen LogP contribution in [0.2, 0.25) is 0 Å². The minimum absolute atomic E-state index is 0.101. The van der Waals surface area contributed by atoms with Crippen LogP contribution in [0, 0.1) is 13.8 Å². The van der Waals surface area contributed by atoms with Crippen LogP contribution in [0.15, 0.2) is 24.3 Å². The second kappa shape index (κ2) is 10.1. The van der Waals surface area contributed by atoms with E-state index in [1.165, 1.54) is 6.92 Å². The molecule has 9 nitrogen and oxygen atoms in total. The van der Waals surface area contributed by atoms with Crippen molar-refractivity contribution < 1.29 is 32.2 Å². The molecular formula is C22H24F3N5O4. The number of carbonyl (C=O) groups is 2. The molecule has 182 valence electrons. The second-order valence-corrected chi connectivity index (χ2v) is 7.48. The van der Waals surface area contributed by atoms with Gasteiger partial charge in [-0.25, -0.2) is 9.50 Å². The zero-order valence-corrected chi connectivity index (χ0v) is 19.1. The zero-order chi connectivity index (χ0) is 25.0. The smallest absolute Gasteiger partial charge is 0.453 e. The molecule has 1 N–H and O–H groups in total. The second-order valence-electron chi connectivity index (χ2n) is 7.48. The van der Waals surface area contributed by atoms with Gasteiger partial charge >= 0.3 is 12.1 Å². The van der Waals surface area contributed by atoms with Crippen LogP contribution >= 0.6 is 0 Å². The number of benzene rings is 1. The average Bonchev–Trinajstić information content (AvgIpc) is 3.20. The van der Waals surface area contributed by atoms with E-state index in [2.05, 4.69) is 20.4 Å². The number of ether oxygens (including phenoxy) is 2. The van der Waals surface area contributed by atoms with Gasteiger partial charge < -0.3 is 14.8 Å². The minimum atomic E-state index is -4.69. The third kappa shape index (κ3) is 5.80. The van der Waals surface area contributed by atoms with Gasteiger partial charge in [0.2, 0.25) is 0 Å². The molecule has 0 radical (unpaired) electrons. The predicted octanol–water partition coefficient (Wildman–Crippen LogP) is 3.66. The first kappa shape index (κ1) is 24.9. The van der Waals surface area contributed by atoms with Gasteiger partial charge in [-0.05, 0) is 63.9 Å². The Labute approximate surface area is 193 Å². The van der Waals surface area contributed by atoms with Crippen LogP contribution in [0.5, 0.6) is 5.75 Å². The van der Waals surface area contributed by atoms with Gasteiger partial charge in [0.1, 0.15) is 5.75 Å². The van der Waals surface area contributed by atoms with E-state index in [9.17, 15) is 22.8 Å². The topological polar surface area (TPSA) is 108 Å². The Hall–Kier alpha value is -3.70. The van der Waals surface area contributed by atoms with Crippen molar-refractivity contribution in [3.05, 3.63) is 47.0 Å². The molecule has 34 heavy (non-hydrogen) atoms. The van der Waals surface area contributed by atoms with Gasteiger partial charge in [-0.15, -0.1) is 5.10 Å². The Morgan fingerprint density at radius 1 is 1.15 bits per heavy atom. The van der Waals surface area contributed by atoms with Crippen molar-refractivity contribution in [2.24, 2.45) is 0 Å². The van der Waals surface area contributed by atoms with E-state index in [0.29, 0.717) is 35.0 Å². The first-order valence-corrected chi connectivity index (χ1v) is 10.5. The third-order valence-electron chi connectivity index (χ3n) is 4.99. The quantitative estimate of drug-likeness (QED) is 0.491. The molecule has 0 aliphatic rings. The maximum Gasteiger partial charge on any atom is 0.453 e. The van der Waals surface area contributed by atoms with Gasteiger partial charge in [-0.2, -0.15) is 18.2 Å². The minimum Gasteiger partial charge on any atom is -0.494 e. The molecule has 2 aromatic heterocycles. The number of carbonyl (C=O) groups excluding carboxylic acids is 2. The van der Waals surface area contributed by atoms with Gasteiger partial charge in [0.05, 0.1) is 6.61 Å². The van der Waals surface area contributed by atoms with Crippen LogP contribution in [-0.4, -0.2) is 44.2 Å². The zero-order valence-electron chi connectivity index (χ0n) is 19.1. The summed E-state index contributed by atoms with van der Waals surface area (Å²) in [7, 11) is 0. The van der Waals surface area contributed by atoms with Gasteiger partial charge in [-0.1, -0.05) is 0 Å². The van der Waals surface area contributed by atoms with E-state index in [1.54, 1.807) is 38.1 Å². The van der Waals surface area contributed by atoms with Crippen LogP contribution in [0.25, 0.3) is 5.78 Å². The van der Waals surface area contributed by atoms with Gasteiger partial charge in [0.25, 0.3) is 17.5 Å². The molecule has 1 unspecified atom stereocenters. The number of aromatic nitrogens is 4. The number of aryl methyl sites for hydroxylation is 2. The van der Waals surface area contributed by atoms with Crippen LogP contribution in [0.1, 0.15) is 43.0 Å². The Morgan fingerprint density at radius 3 is 2.44 bits per heavy atom. The van der Waals surface area contributed by atoms with Gasteiger partial charge in [-0.3, -0.25) is 9.59 Å². The lowest BCUT2D eigenvalue weighted by Gasteiger charge is -2.14. The summed E-state index contributed by atoms with van der Waals surface area (Å²) in [6, 6.07) is 6.75. The molecule has 0 saturated heterocycles. The highest BCUT2D eigenvalue weighted by Gasteiger charge is 2.37. The summed E-state index contributed by atoms with van der Waals surface area (Å²) in [6.45, 7) is 7.02. The van der Waals surface area contributed by atoms with Crippen LogP contribution < -0.4 is 10.1 Å². The highest BCUT2D eigenvalue weighted by Crippen LogP contribution is 2.27. The fourth-order valence-corrected chi connectivity index (χ4v) is 3.27. The van der Waals surface area contributed by atoms with E-state index < -0.39 is 30.0 Å². The molecular weight excluding hydrogens is 455 g/mol. The number of fused-ring (bicyclic) bond motifs is 1. The molecule has 2 heterocycles. The number of nitrogens with zero attached hydrogens (tertiary/aromatic N) is 4. The van der Waals surface area contributed by atoms with Gasteiger partial charge in [0, 0.05) is 23.5 Å². The molecule has 3 rings (SSSR count). The third-order valence-corrected chi connectivity index (χ3v) is 4.99. The summed E-state index contributed by atoms with van der Waals surface area (Å²) in [4.78, 5) is 32.1. The van der Waals surface area contributed by atoms with Crippen molar-refractivity contribution >= 4 is 23.3 Å². The Morgan fingerprint density at radius 2 is 1.82 bits per heavy atom. The SMILES string of the molecule is CCOc1ccc(NC(=O)C(C)OC(=O)CCc2c(C)nc3nc(C(F)(F)F)nn3c2C)cc1. The van der Waals surface area contributed by atoms with Crippen molar-refractivity contribution in [3.63, 3.8) is 0 Å². The molecule has 1 amide bonds. The van der Waals surface area contributed by atoms with E-state index in [-0.39, 0.29) is 18.6 Å². The van der Waals surface area contributed by atoms with Crippen molar-refractivity contribution in [1.29, 1.82) is 0 Å². The molecule has 0 bridgehead atoms. The van der Waals surface area contributed by atoms with Gasteiger partial charge in [0.15, 0.2) is 6.10 Å². The lowest BCUT2D eigenvalue weighted by atomic mass is 10.1. The molecule has 0 spiro atoms. The average molecular weight is 479 g/mol. The highest BCUT2D eigenvalue weighted by atomic mass is 19.4. The van der Waals surface area contributed by atoms with Crippen molar-refractivity contribution in [2.75, 3.05) is 11.9 Å². The van der Waals surface area contributed by atoms with E-state index in [1.807, 2.05) is 6.92 Å². The fourth-order valence-electron chi connectivity index (χ4n) is 3.27. The number of esters is 1. The fraction of sp³-hybridized carbons (Fsp3) is 0.409. The predicted molar refractivity (Wildman–Crippen MR) is 115 cm³/mol. The summed E-state index contributed by atoms with van der Waals surface area (Å²) in [5.74, 6) is -1.93. The maximum absolute atomic E-state index is 12.9. The van der Waals surface area contributed by atoms with Crippen LogP contribution in [0.3, 0.4) is 0 Å². The molecule has 0 aliphatic carbocycles. The molecule has 1 atom stereocenters. The summed E-state index contributed by atoms with van der Waals surface area (Å²) in [5.41, 5.74) is 1.89. The first-order valence-electron chi connectivity index (χ1n) is 10.5. The molecule has 0 saturated carbocycles. The number of rotatable bonds is 8. The van der Waals surface area contributed by atoms with Crippen molar-refractivity contribution in [2.45, 2.75) is 52.8 Å². The van der Waals surface area contributed by atoms with Crippen LogP contribution in [0.4, 0.5) is 18.9 Å². The summed E-state index contributed by atoms with van der Waals surface area (Å²) < 4.78 is 50.3. The summed E-state index contributed by atoms with van der Waals surface area (Å²) >= 11 is 0. The largest absolute Gasteiger partial charge is 0.494 e. The molecule has 0 aliphatic heterocycles. The standard InChI is InChI=1S/C22H24F3N5O4/c1-5-33-16-8-6-15(7-9-16)27-19(32)14(4)34-18(31)11-10-17-12(2)26-21-28-20(22(23,24)25)29-30(21)13(17)3/h6-9,14H,5,10-11H2,1-4H3,(H,27,32). The Balaban J connectivity index is 1.60. The number of nitrogens with one attached hydrogen (secondary N) is 1. The lowest BCUT2D eigenvalue weighted by Crippen LogP contribution is -2.30. The first-order chi connectivity index (χ1) is 16.0. The molecule has 12 heteroatoms. The number of halogens is 3. The molecule has 1 aromatic carbocycles. The summed E-state index contributed by atoms with van der Waals surface area (Å²) in [6.07, 6.45) is -5.70. The van der Waals surface area contributed by atoms with Crippen LogP contribution in [-0.2, 0) is 26.9 Å². The molecule has 3 aromatic rings. The van der Waals surface area contributed by atoms with E-state index >= 15 is 0 Å². The monoisotopic (exact) mass is 479 g/mol. The van der Waals surface area contributed by atoms with Crippen molar-refractivity contribution in [1.82, 2.24) is 19.6 Å². The number of hydrogen-bond donors (Lipinski definition) is 1. The lowest BCUT2D eigenvalue weighted by molar-refractivity contribution is -0.153. The maximum atomic E-state index is 12.9. The normalized spacial score (nSPS) is 12.4. The number of alkyl halides is 3. The highest BCUT2D eigenvalue weighted by molar-refractivity contribution is 5.95. The number of anilines is 1. The molecule has 0 fully saturated rings. The van der Waals surface area contributed by atoms with Crippen molar-refractivity contribution in [3.8, 4) is 5.75 Å².